The Morgan fingerprint density at radius 3 is 2.42 bits per heavy atom. The summed E-state index contributed by atoms with van der Waals surface area (Å²) in [4.78, 5) is 0. The van der Waals surface area contributed by atoms with E-state index < -0.39 is 0 Å². The van der Waals surface area contributed by atoms with Crippen LogP contribution in [0.3, 0.4) is 0 Å². The van der Waals surface area contributed by atoms with Gasteiger partial charge >= 0.3 is 0 Å². The third kappa shape index (κ3) is 2.32. The van der Waals surface area contributed by atoms with Gasteiger partial charge < -0.3 is 5.32 Å². The molecular formula is C17H24ClN. The second-order valence-electron chi connectivity index (χ2n) is 6.70. The van der Waals surface area contributed by atoms with Crippen LogP contribution in [0.2, 0.25) is 5.02 Å². The van der Waals surface area contributed by atoms with Crippen LogP contribution in [0.1, 0.15) is 50.5 Å². The zero-order valence-electron chi connectivity index (χ0n) is 11.8. The molecule has 0 atom stereocenters. The first-order chi connectivity index (χ1) is 9.20. The molecule has 2 heteroatoms. The van der Waals surface area contributed by atoms with E-state index in [0.29, 0.717) is 5.41 Å². The highest BCUT2D eigenvalue weighted by molar-refractivity contribution is 6.31. The van der Waals surface area contributed by atoms with E-state index in [9.17, 15) is 0 Å². The van der Waals surface area contributed by atoms with Gasteiger partial charge in [-0.05, 0) is 49.8 Å². The average molecular weight is 278 g/mol. The maximum Gasteiger partial charge on any atom is 0.0444 e. The third-order valence-electron chi connectivity index (χ3n) is 5.30. The molecule has 1 nitrogen and oxygen atoms in total. The van der Waals surface area contributed by atoms with Gasteiger partial charge in [0.15, 0.2) is 0 Å². The minimum Gasteiger partial charge on any atom is -0.319 e. The Morgan fingerprint density at radius 1 is 1.11 bits per heavy atom. The van der Waals surface area contributed by atoms with Crippen molar-refractivity contribution in [3.05, 3.63) is 34.9 Å². The van der Waals surface area contributed by atoms with Gasteiger partial charge in [0, 0.05) is 17.0 Å². The van der Waals surface area contributed by atoms with Crippen LogP contribution in [0.5, 0.6) is 0 Å². The zero-order valence-corrected chi connectivity index (χ0v) is 12.6. The van der Waals surface area contributed by atoms with E-state index in [1.807, 2.05) is 12.1 Å². The maximum atomic E-state index is 6.46. The quantitative estimate of drug-likeness (QED) is 0.855. The molecule has 2 aliphatic carbocycles. The highest BCUT2D eigenvalue weighted by Crippen LogP contribution is 2.62. The van der Waals surface area contributed by atoms with Crippen LogP contribution < -0.4 is 5.32 Å². The van der Waals surface area contributed by atoms with E-state index in [1.165, 1.54) is 50.5 Å². The lowest BCUT2D eigenvalue weighted by atomic mass is 9.46. The molecule has 0 unspecified atom stereocenters. The monoisotopic (exact) mass is 277 g/mol. The summed E-state index contributed by atoms with van der Waals surface area (Å²) in [6, 6.07) is 8.44. The van der Waals surface area contributed by atoms with Crippen LogP contribution in [0.25, 0.3) is 0 Å². The number of rotatable bonds is 3. The molecule has 0 bridgehead atoms. The zero-order chi connectivity index (χ0) is 13.3. The van der Waals surface area contributed by atoms with Crippen molar-refractivity contribution in [1.29, 1.82) is 0 Å². The molecule has 1 N–H and O–H groups in total. The molecule has 1 spiro atoms. The smallest absolute Gasteiger partial charge is 0.0444 e. The minimum absolute atomic E-state index is 0.282. The summed E-state index contributed by atoms with van der Waals surface area (Å²) in [6.45, 7) is 1.05. The van der Waals surface area contributed by atoms with Gasteiger partial charge in [-0.2, -0.15) is 0 Å². The number of likely N-dealkylation sites (N-methyl/N-ethyl adjacent to an activating group) is 1. The summed E-state index contributed by atoms with van der Waals surface area (Å²) >= 11 is 6.46. The number of benzene rings is 1. The van der Waals surface area contributed by atoms with E-state index in [4.69, 9.17) is 11.6 Å². The van der Waals surface area contributed by atoms with E-state index in [1.54, 1.807) is 0 Å². The molecular weight excluding hydrogens is 254 g/mol. The van der Waals surface area contributed by atoms with Crippen molar-refractivity contribution < 1.29 is 0 Å². The predicted molar refractivity (Wildman–Crippen MR) is 81.8 cm³/mol. The second-order valence-corrected chi connectivity index (χ2v) is 7.11. The summed E-state index contributed by atoms with van der Waals surface area (Å²) in [7, 11) is 2.06. The first kappa shape index (κ1) is 13.5. The van der Waals surface area contributed by atoms with E-state index in [-0.39, 0.29) is 5.41 Å². The molecule has 19 heavy (non-hydrogen) atoms. The van der Waals surface area contributed by atoms with Crippen molar-refractivity contribution in [3.63, 3.8) is 0 Å². The Morgan fingerprint density at radius 2 is 1.79 bits per heavy atom. The standard InChI is InChI=1S/C17H24ClN/c1-19-13-17(14-7-3-4-8-15(14)18)11-16(12-17)9-5-2-6-10-16/h3-4,7-8,19H,2,5-6,9-13H2,1H3. The number of halogens is 1. The molecule has 2 fully saturated rings. The first-order valence-electron chi connectivity index (χ1n) is 7.59. The second kappa shape index (κ2) is 5.10. The van der Waals surface area contributed by atoms with Gasteiger partial charge in [0.05, 0.1) is 0 Å². The molecule has 0 aromatic heterocycles. The normalized spacial score (nSPS) is 24.1. The van der Waals surface area contributed by atoms with Crippen LogP contribution in [0, 0.1) is 5.41 Å². The fourth-order valence-corrected chi connectivity index (χ4v) is 5.02. The van der Waals surface area contributed by atoms with Crippen LogP contribution in [0.4, 0.5) is 0 Å². The van der Waals surface area contributed by atoms with Crippen LogP contribution in [-0.4, -0.2) is 13.6 Å². The average Bonchev–Trinajstić information content (AvgIpc) is 2.38. The van der Waals surface area contributed by atoms with Gasteiger partial charge in [-0.25, -0.2) is 0 Å². The fraction of sp³-hybridized carbons (Fsp3) is 0.647. The van der Waals surface area contributed by atoms with Crippen LogP contribution >= 0.6 is 11.6 Å². The molecule has 3 rings (SSSR count). The highest BCUT2D eigenvalue weighted by atomic mass is 35.5. The molecule has 0 radical (unpaired) electrons. The molecule has 0 saturated heterocycles. The van der Waals surface area contributed by atoms with E-state index >= 15 is 0 Å². The Kier molecular flexibility index (Phi) is 3.61. The topological polar surface area (TPSA) is 12.0 Å². The summed E-state index contributed by atoms with van der Waals surface area (Å²) in [6.07, 6.45) is 9.81. The van der Waals surface area contributed by atoms with E-state index in [2.05, 4.69) is 24.5 Å². The van der Waals surface area contributed by atoms with Gasteiger partial charge in [0.25, 0.3) is 0 Å². The summed E-state index contributed by atoms with van der Waals surface area (Å²) in [5, 5.41) is 4.35. The molecule has 104 valence electrons. The third-order valence-corrected chi connectivity index (χ3v) is 5.63. The SMILES string of the molecule is CNCC1(c2ccccc2Cl)CC2(CCCCC2)C1. The van der Waals surface area contributed by atoms with Gasteiger partial charge in [-0.3, -0.25) is 0 Å². The van der Waals surface area contributed by atoms with Crippen molar-refractivity contribution >= 4 is 11.6 Å². The van der Waals surface area contributed by atoms with E-state index in [0.717, 1.165) is 11.6 Å². The van der Waals surface area contributed by atoms with Crippen LogP contribution in [-0.2, 0) is 5.41 Å². The predicted octanol–water partition coefficient (Wildman–Crippen LogP) is 4.54. The van der Waals surface area contributed by atoms with Gasteiger partial charge in [-0.1, -0.05) is 49.1 Å². The Bertz CT molecular complexity index is 440. The minimum atomic E-state index is 0.282. The lowest BCUT2D eigenvalue weighted by molar-refractivity contribution is -0.0118. The van der Waals surface area contributed by atoms with Crippen molar-refractivity contribution in [1.82, 2.24) is 5.32 Å². The summed E-state index contributed by atoms with van der Waals surface area (Å²) in [5.74, 6) is 0. The summed E-state index contributed by atoms with van der Waals surface area (Å²) in [5.41, 5.74) is 2.28. The van der Waals surface area contributed by atoms with Crippen molar-refractivity contribution in [2.75, 3.05) is 13.6 Å². The van der Waals surface area contributed by atoms with Gasteiger partial charge in [0.2, 0.25) is 0 Å². The van der Waals surface area contributed by atoms with Crippen molar-refractivity contribution in [3.8, 4) is 0 Å². The molecule has 0 amide bonds. The molecule has 0 heterocycles. The molecule has 1 aromatic rings. The lowest BCUT2D eigenvalue weighted by Gasteiger charge is -2.59. The van der Waals surface area contributed by atoms with Crippen LogP contribution in [0.15, 0.2) is 24.3 Å². The number of nitrogens with one attached hydrogen (secondary N) is 1. The largest absolute Gasteiger partial charge is 0.319 e. The van der Waals surface area contributed by atoms with Crippen molar-refractivity contribution in [2.24, 2.45) is 5.41 Å². The van der Waals surface area contributed by atoms with Crippen molar-refractivity contribution in [2.45, 2.75) is 50.4 Å². The highest BCUT2D eigenvalue weighted by Gasteiger charge is 2.55. The maximum absolute atomic E-state index is 6.46. The number of hydrogen-bond donors (Lipinski definition) is 1. The fourth-order valence-electron chi connectivity index (χ4n) is 4.68. The molecule has 2 aliphatic rings. The lowest BCUT2D eigenvalue weighted by Crippen LogP contribution is -2.55. The van der Waals surface area contributed by atoms with Gasteiger partial charge in [-0.15, -0.1) is 0 Å². The Labute approximate surface area is 121 Å². The molecule has 2 saturated carbocycles. The number of hydrogen-bond acceptors (Lipinski definition) is 1. The Hall–Kier alpha value is -0.530. The summed E-state index contributed by atoms with van der Waals surface area (Å²) < 4.78 is 0. The molecule has 0 aliphatic heterocycles. The molecule has 1 aromatic carbocycles. The Balaban J connectivity index is 1.85. The first-order valence-corrected chi connectivity index (χ1v) is 7.97. The van der Waals surface area contributed by atoms with Gasteiger partial charge in [0.1, 0.15) is 0 Å².